The Balaban J connectivity index is 1.70. The summed E-state index contributed by atoms with van der Waals surface area (Å²) >= 11 is 5.84. The fraction of sp³-hybridized carbons (Fsp3) is 0.615. The maximum absolute atomic E-state index is 10.8. The number of halogens is 1. The summed E-state index contributed by atoms with van der Waals surface area (Å²) in [6.45, 7) is 2.29. The van der Waals surface area contributed by atoms with Gasteiger partial charge < -0.3 is 10.2 Å². The molecule has 2 atom stereocenters. The van der Waals surface area contributed by atoms with Crippen molar-refractivity contribution in [2.45, 2.75) is 37.8 Å². The summed E-state index contributed by atoms with van der Waals surface area (Å²) in [5.74, 6) is 0.501. The number of piperidine rings is 1. The molecule has 0 radical (unpaired) electrons. The van der Waals surface area contributed by atoms with Crippen LogP contribution in [-0.4, -0.2) is 40.0 Å². The second kappa shape index (κ2) is 5.54. The van der Waals surface area contributed by atoms with Crippen LogP contribution in [0.15, 0.2) is 12.1 Å². The molecule has 0 aromatic carbocycles. The molecule has 0 aliphatic carbocycles. The van der Waals surface area contributed by atoms with Crippen LogP contribution in [0.25, 0.3) is 0 Å². The van der Waals surface area contributed by atoms with Crippen LogP contribution in [0.1, 0.15) is 25.7 Å². The smallest absolute Gasteiger partial charge is 0.276 e. The zero-order valence-corrected chi connectivity index (χ0v) is 11.8. The zero-order chi connectivity index (χ0) is 14.1. The van der Waals surface area contributed by atoms with Crippen LogP contribution in [0.2, 0.25) is 5.15 Å². The third-order valence-electron chi connectivity index (χ3n) is 4.16. The quantitative estimate of drug-likeness (QED) is 0.527. The van der Waals surface area contributed by atoms with Gasteiger partial charge in [-0.25, -0.2) is 4.98 Å². The van der Waals surface area contributed by atoms with E-state index >= 15 is 0 Å². The van der Waals surface area contributed by atoms with Gasteiger partial charge in [0.15, 0.2) is 0 Å². The number of fused-ring (bicyclic) bond motifs is 1. The molecule has 1 aromatic heterocycles. The lowest BCUT2D eigenvalue weighted by Crippen LogP contribution is -2.42. The molecule has 7 heteroatoms. The van der Waals surface area contributed by atoms with Gasteiger partial charge in [0, 0.05) is 18.6 Å². The van der Waals surface area contributed by atoms with Crippen molar-refractivity contribution < 1.29 is 4.92 Å². The predicted molar refractivity (Wildman–Crippen MR) is 77.1 cm³/mol. The average molecular weight is 297 g/mol. The van der Waals surface area contributed by atoms with Crippen molar-refractivity contribution in [2.75, 3.05) is 18.4 Å². The Labute approximate surface area is 122 Å². The summed E-state index contributed by atoms with van der Waals surface area (Å²) in [6, 6.07) is 3.69. The number of hydrogen-bond acceptors (Lipinski definition) is 5. The number of nitro groups is 1. The normalized spacial score (nSPS) is 26.2. The van der Waals surface area contributed by atoms with Gasteiger partial charge in [0.05, 0.1) is 17.1 Å². The monoisotopic (exact) mass is 296 g/mol. The average Bonchev–Trinajstić information content (AvgIpc) is 2.85. The lowest BCUT2D eigenvalue weighted by molar-refractivity contribution is -0.384. The Bertz CT molecular complexity index is 525. The van der Waals surface area contributed by atoms with Crippen molar-refractivity contribution in [1.82, 2.24) is 9.88 Å². The first-order valence-corrected chi connectivity index (χ1v) is 7.32. The molecule has 1 aromatic rings. The van der Waals surface area contributed by atoms with Gasteiger partial charge in [0.2, 0.25) is 0 Å². The number of nitrogens with zero attached hydrogens (tertiary/aromatic N) is 3. The van der Waals surface area contributed by atoms with Gasteiger partial charge in [-0.2, -0.15) is 0 Å². The van der Waals surface area contributed by atoms with Crippen LogP contribution in [0.4, 0.5) is 11.5 Å². The van der Waals surface area contributed by atoms with Crippen LogP contribution in [-0.2, 0) is 0 Å². The fourth-order valence-corrected chi connectivity index (χ4v) is 3.43. The summed E-state index contributed by atoms with van der Waals surface area (Å²) < 4.78 is 0. The number of nitrogens with one attached hydrogen (secondary N) is 1. The van der Waals surface area contributed by atoms with E-state index in [0.29, 0.717) is 17.9 Å². The zero-order valence-electron chi connectivity index (χ0n) is 11.1. The lowest BCUT2D eigenvalue weighted by atomic mass is 9.97. The van der Waals surface area contributed by atoms with Gasteiger partial charge in [-0.1, -0.05) is 11.6 Å². The van der Waals surface area contributed by atoms with Gasteiger partial charge in [0.1, 0.15) is 11.0 Å². The summed E-state index contributed by atoms with van der Waals surface area (Å²) in [5, 5.41) is 14.3. The third-order valence-corrected chi connectivity index (χ3v) is 4.36. The standard InChI is InChI=1S/C13H17ClN4O2/c14-12-7-11(18(19)20)8-13(16-12)15-9-3-5-17-4-1-2-10(17)6-9/h7-10H,1-6H2,(H,15,16). The lowest BCUT2D eigenvalue weighted by Gasteiger charge is -2.35. The number of anilines is 1. The Kier molecular flexibility index (Phi) is 3.76. The molecule has 2 aliphatic heterocycles. The molecule has 0 amide bonds. The highest BCUT2D eigenvalue weighted by Gasteiger charge is 2.31. The summed E-state index contributed by atoms with van der Waals surface area (Å²) in [6.07, 6.45) is 4.64. The second-order valence-electron chi connectivity index (χ2n) is 5.49. The Hall–Kier alpha value is -1.40. The largest absolute Gasteiger partial charge is 0.367 e. The summed E-state index contributed by atoms with van der Waals surface area (Å²) in [4.78, 5) is 17.1. The van der Waals surface area contributed by atoms with E-state index in [1.54, 1.807) is 0 Å². The van der Waals surface area contributed by atoms with E-state index in [4.69, 9.17) is 11.6 Å². The van der Waals surface area contributed by atoms with Crippen LogP contribution >= 0.6 is 11.6 Å². The Morgan fingerprint density at radius 1 is 1.40 bits per heavy atom. The Morgan fingerprint density at radius 2 is 2.25 bits per heavy atom. The highest BCUT2D eigenvalue weighted by atomic mass is 35.5. The molecule has 0 bridgehead atoms. The summed E-state index contributed by atoms with van der Waals surface area (Å²) in [7, 11) is 0. The number of rotatable bonds is 3. The van der Waals surface area contributed by atoms with Gasteiger partial charge in [-0.05, 0) is 32.2 Å². The van der Waals surface area contributed by atoms with Crippen LogP contribution in [0.5, 0.6) is 0 Å². The van der Waals surface area contributed by atoms with Gasteiger partial charge in [0.25, 0.3) is 5.69 Å². The molecule has 3 rings (SSSR count). The highest BCUT2D eigenvalue weighted by Crippen LogP contribution is 2.29. The highest BCUT2D eigenvalue weighted by molar-refractivity contribution is 6.29. The van der Waals surface area contributed by atoms with Gasteiger partial charge >= 0.3 is 0 Å². The van der Waals surface area contributed by atoms with Crippen molar-refractivity contribution in [3.63, 3.8) is 0 Å². The van der Waals surface area contributed by atoms with Crippen molar-refractivity contribution in [2.24, 2.45) is 0 Å². The molecule has 0 saturated carbocycles. The van der Waals surface area contributed by atoms with Crippen molar-refractivity contribution in [3.8, 4) is 0 Å². The molecule has 2 aliphatic rings. The van der Waals surface area contributed by atoms with Crippen molar-refractivity contribution in [1.29, 1.82) is 0 Å². The predicted octanol–water partition coefficient (Wildman–Crippen LogP) is 2.68. The first-order valence-electron chi connectivity index (χ1n) is 6.94. The van der Waals surface area contributed by atoms with Crippen molar-refractivity contribution in [3.05, 3.63) is 27.4 Å². The van der Waals surface area contributed by atoms with Crippen LogP contribution < -0.4 is 5.32 Å². The molecule has 2 unspecified atom stereocenters. The number of pyridine rings is 1. The molecular formula is C13H17ClN4O2. The van der Waals surface area contributed by atoms with E-state index in [9.17, 15) is 10.1 Å². The third kappa shape index (κ3) is 2.86. The second-order valence-corrected chi connectivity index (χ2v) is 5.88. The maximum Gasteiger partial charge on any atom is 0.276 e. The van der Waals surface area contributed by atoms with E-state index in [1.165, 1.54) is 31.5 Å². The Morgan fingerprint density at radius 3 is 3.05 bits per heavy atom. The molecule has 1 N–H and O–H groups in total. The molecule has 2 fully saturated rings. The van der Waals surface area contributed by atoms with E-state index in [1.807, 2.05) is 0 Å². The topological polar surface area (TPSA) is 71.3 Å². The maximum atomic E-state index is 10.8. The minimum atomic E-state index is -0.446. The molecule has 3 heterocycles. The van der Waals surface area contributed by atoms with E-state index < -0.39 is 4.92 Å². The van der Waals surface area contributed by atoms with Crippen molar-refractivity contribution >= 4 is 23.1 Å². The molecule has 0 spiro atoms. The van der Waals surface area contributed by atoms with E-state index in [0.717, 1.165) is 19.4 Å². The molecule has 2 saturated heterocycles. The van der Waals surface area contributed by atoms with Gasteiger partial charge in [-0.3, -0.25) is 10.1 Å². The first kappa shape index (κ1) is 13.6. The molecule has 6 nitrogen and oxygen atoms in total. The molecule has 20 heavy (non-hydrogen) atoms. The van der Waals surface area contributed by atoms with Crippen LogP contribution in [0.3, 0.4) is 0 Å². The first-order chi connectivity index (χ1) is 9.61. The van der Waals surface area contributed by atoms with Crippen LogP contribution in [0, 0.1) is 10.1 Å². The summed E-state index contributed by atoms with van der Waals surface area (Å²) in [5.41, 5.74) is -0.0224. The molecule has 108 valence electrons. The SMILES string of the molecule is O=[N+]([O-])c1cc(Cl)nc(NC2CCN3CCCC3C2)c1. The van der Waals surface area contributed by atoms with Gasteiger partial charge in [-0.15, -0.1) is 0 Å². The fourth-order valence-electron chi connectivity index (χ4n) is 3.23. The van der Waals surface area contributed by atoms with E-state index in [-0.39, 0.29) is 10.8 Å². The minimum absolute atomic E-state index is 0.0224. The van der Waals surface area contributed by atoms with E-state index in [2.05, 4.69) is 15.2 Å². The minimum Gasteiger partial charge on any atom is -0.367 e. The number of aromatic nitrogens is 1. The molecular weight excluding hydrogens is 280 g/mol. The number of hydrogen-bond donors (Lipinski definition) is 1.